The number of thioether (sulfide) groups is 2. The van der Waals surface area contributed by atoms with Gasteiger partial charge in [-0.25, -0.2) is 31.1 Å². The van der Waals surface area contributed by atoms with E-state index in [2.05, 4.69) is 13.8 Å². The van der Waals surface area contributed by atoms with Crippen LogP contribution in [0.3, 0.4) is 0 Å². The van der Waals surface area contributed by atoms with Crippen molar-refractivity contribution in [3.05, 3.63) is 65.6 Å². The summed E-state index contributed by atoms with van der Waals surface area (Å²) in [6.07, 6.45) is -1.62. The average Bonchev–Trinajstić information content (AvgIpc) is 2.82. The fourth-order valence-corrected chi connectivity index (χ4v) is 4.22. The molecular weight excluding hydrogens is 517 g/mol. The van der Waals surface area contributed by atoms with E-state index in [9.17, 15) is 31.1 Å². The molecule has 0 aliphatic carbocycles. The summed E-state index contributed by atoms with van der Waals surface area (Å²) in [5.41, 5.74) is -1.23. The molecule has 0 aromatic heterocycles. The molecule has 1 N–H and O–H groups in total. The second kappa shape index (κ2) is 20.8. The molecule has 0 aliphatic rings. The van der Waals surface area contributed by atoms with Crippen molar-refractivity contribution in [2.75, 3.05) is 11.5 Å². The third kappa shape index (κ3) is 12.8. The van der Waals surface area contributed by atoms with Gasteiger partial charge < -0.3 is 12.0 Å². The van der Waals surface area contributed by atoms with E-state index in [4.69, 9.17) is 5.11 Å². The standard InChI is InChI=1S/C11H11F3O2S.C10H11F3S.C4H9.Li/c1-2-5-17-9-7(10(13)14)4-3-6(8(9)12)11(15)16;1-2-6-14-9-7(10(12)13)4-3-5-8(9)11;1-3-4-2;/h3-4,10H,2,5H2,1H3,(H,15,16);3-5,10H,2,6H2,1H3;1,3-4H2,2H3;/q;;-1;+1. The minimum Gasteiger partial charge on any atom is -0.478 e. The normalized spacial score (nSPS) is 10.2. The molecule has 0 atom stereocenters. The molecule has 11 heteroatoms. The number of carbonyl (C=O) groups is 1. The SMILES string of the molecule is CCCSc1c(C(F)F)ccc(C(=O)O)c1F.CCCSc1c(F)cccc1C(F)F.[CH2-]CCC.[Li+]. The average molecular weight is 549 g/mol. The third-order valence-electron chi connectivity index (χ3n) is 4.08. The molecule has 0 bridgehead atoms. The molecule has 0 aliphatic heterocycles. The van der Waals surface area contributed by atoms with Gasteiger partial charge in [0.05, 0.1) is 15.4 Å². The molecule has 2 nitrogen and oxygen atoms in total. The molecule has 36 heavy (non-hydrogen) atoms. The molecule has 0 amide bonds. The molecule has 2 aromatic carbocycles. The molecule has 0 unspecified atom stereocenters. The second-order valence-corrected chi connectivity index (χ2v) is 9.17. The molecule has 0 radical (unpaired) electrons. The van der Waals surface area contributed by atoms with E-state index in [-0.39, 0.29) is 34.2 Å². The zero-order valence-electron chi connectivity index (χ0n) is 20.9. The summed E-state index contributed by atoms with van der Waals surface area (Å²) in [6.45, 7) is 9.48. The maximum atomic E-state index is 13.7. The number of halogens is 6. The van der Waals surface area contributed by atoms with Crippen LogP contribution in [0.25, 0.3) is 0 Å². The van der Waals surface area contributed by atoms with E-state index >= 15 is 0 Å². The van der Waals surface area contributed by atoms with Crippen molar-refractivity contribution in [1.29, 1.82) is 0 Å². The topological polar surface area (TPSA) is 37.3 Å². The minimum absolute atomic E-state index is 0. The van der Waals surface area contributed by atoms with Crippen LogP contribution >= 0.6 is 23.5 Å². The second-order valence-electron chi connectivity index (χ2n) is 6.96. The van der Waals surface area contributed by atoms with Crippen LogP contribution in [-0.4, -0.2) is 22.6 Å². The fourth-order valence-electron chi connectivity index (χ4n) is 2.31. The zero-order chi connectivity index (χ0) is 27.0. The first-order valence-electron chi connectivity index (χ1n) is 11.0. The Bertz CT molecular complexity index is 899. The monoisotopic (exact) mass is 548 g/mol. The van der Waals surface area contributed by atoms with Gasteiger partial charge in [0, 0.05) is 11.1 Å². The Balaban J connectivity index is 0. The van der Waals surface area contributed by atoms with Gasteiger partial charge in [-0.2, -0.15) is 6.42 Å². The summed E-state index contributed by atoms with van der Waals surface area (Å²) in [5.74, 6) is -1.97. The van der Waals surface area contributed by atoms with Crippen molar-refractivity contribution in [3.8, 4) is 0 Å². The number of aromatic carboxylic acids is 1. The smallest absolute Gasteiger partial charge is 0.478 e. The van der Waals surface area contributed by atoms with Crippen LogP contribution in [0.4, 0.5) is 26.3 Å². The van der Waals surface area contributed by atoms with Gasteiger partial charge in [-0.15, -0.1) is 23.5 Å². The van der Waals surface area contributed by atoms with Crippen LogP contribution in [-0.2, 0) is 0 Å². The van der Waals surface area contributed by atoms with E-state index in [1.165, 1.54) is 24.6 Å². The fraction of sp³-hybridized carbons (Fsp3) is 0.440. The zero-order valence-corrected chi connectivity index (χ0v) is 22.6. The van der Waals surface area contributed by atoms with E-state index < -0.39 is 41.6 Å². The summed E-state index contributed by atoms with van der Waals surface area (Å²) >= 11 is 2.06. The Morgan fingerprint density at radius 2 is 1.33 bits per heavy atom. The van der Waals surface area contributed by atoms with E-state index in [1.807, 2.05) is 13.8 Å². The largest absolute Gasteiger partial charge is 1.00 e. The van der Waals surface area contributed by atoms with Gasteiger partial charge in [0.25, 0.3) is 12.9 Å². The molecule has 0 saturated carbocycles. The Morgan fingerprint density at radius 3 is 1.75 bits per heavy atom. The van der Waals surface area contributed by atoms with Gasteiger partial charge >= 0.3 is 24.8 Å². The summed E-state index contributed by atoms with van der Waals surface area (Å²) in [7, 11) is 0. The van der Waals surface area contributed by atoms with Crippen molar-refractivity contribution in [1.82, 2.24) is 0 Å². The van der Waals surface area contributed by atoms with Gasteiger partial charge in [0.1, 0.15) is 5.82 Å². The Labute approximate surface area is 230 Å². The Morgan fingerprint density at radius 1 is 0.861 bits per heavy atom. The summed E-state index contributed by atoms with van der Waals surface area (Å²) in [4.78, 5) is 10.5. The molecule has 2 rings (SSSR count). The van der Waals surface area contributed by atoms with Crippen LogP contribution in [0, 0.1) is 18.6 Å². The van der Waals surface area contributed by atoms with E-state index in [0.717, 1.165) is 48.5 Å². The van der Waals surface area contributed by atoms with Crippen molar-refractivity contribution in [2.45, 2.75) is 69.1 Å². The predicted molar refractivity (Wildman–Crippen MR) is 132 cm³/mol. The number of benzene rings is 2. The van der Waals surface area contributed by atoms with E-state index in [1.54, 1.807) is 0 Å². The Hall–Kier alpha value is -1.21. The number of alkyl halides is 4. The van der Waals surface area contributed by atoms with Gasteiger partial charge in [-0.1, -0.05) is 45.4 Å². The first-order chi connectivity index (χ1) is 16.6. The van der Waals surface area contributed by atoms with Crippen LogP contribution in [0.15, 0.2) is 40.1 Å². The summed E-state index contributed by atoms with van der Waals surface area (Å²) in [6, 6.07) is 5.63. The van der Waals surface area contributed by atoms with Crippen molar-refractivity contribution < 1.29 is 55.1 Å². The molecule has 198 valence electrons. The van der Waals surface area contributed by atoms with Crippen molar-refractivity contribution in [3.63, 3.8) is 0 Å². The molecule has 0 heterocycles. The van der Waals surface area contributed by atoms with Crippen LogP contribution < -0.4 is 18.9 Å². The summed E-state index contributed by atoms with van der Waals surface area (Å²) < 4.78 is 77.1. The third-order valence-corrected chi connectivity index (χ3v) is 6.73. The quantitative estimate of drug-likeness (QED) is 0.153. The summed E-state index contributed by atoms with van der Waals surface area (Å²) in [5, 5.41) is 8.71. The maximum Gasteiger partial charge on any atom is 1.00 e. The number of hydrogen-bond donors (Lipinski definition) is 1. The van der Waals surface area contributed by atoms with Crippen LogP contribution in [0.1, 0.15) is 80.8 Å². The molecule has 2 aromatic rings. The molecule has 0 saturated heterocycles. The van der Waals surface area contributed by atoms with Gasteiger partial charge in [0.15, 0.2) is 5.82 Å². The number of unbranched alkanes of at least 4 members (excludes halogenated alkanes) is 1. The predicted octanol–water partition coefficient (Wildman–Crippen LogP) is 6.85. The van der Waals surface area contributed by atoms with Gasteiger partial charge in [-0.3, -0.25) is 0 Å². The number of hydrogen-bond acceptors (Lipinski definition) is 3. The molecular formula is C25H31F6LiO2S2. The number of carboxylic acid groups (broad SMARTS) is 1. The van der Waals surface area contributed by atoms with E-state index in [0.29, 0.717) is 17.9 Å². The molecule has 0 spiro atoms. The number of rotatable bonds is 10. The Kier molecular flexibility index (Phi) is 21.3. The first-order valence-corrected chi connectivity index (χ1v) is 13.0. The van der Waals surface area contributed by atoms with Crippen LogP contribution in [0.5, 0.6) is 0 Å². The van der Waals surface area contributed by atoms with Gasteiger partial charge in [-0.05, 0) is 36.5 Å². The van der Waals surface area contributed by atoms with Crippen molar-refractivity contribution in [2.24, 2.45) is 0 Å². The van der Waals surface area contributed by atoms with Crippen molar-refractivity contribution >= 4 is 29.5 Å². The molecule has 0 fully saturated rings. The van der Waals surface area contributed by atoms with Crippen LogP contribution in [0.2, 0.25) is 0 Å². The minimum atomic E-state index is -2.81. The first kappa shape index (κ1) is 36.9. The maximum absolute atomic E-state index is 13.7. The number of carboxylic acids is 1. The van der Waals surface area contributed by atoms with Gasteiger partial charge in [0.2, 0.25) is 0 Å².